The van der Waals surface area contributed by atoms with Crippen molar-refractivity contribution in [3.05, 3.63) is 70.7 Å². The second-order valence-electron chi connectivity index (χ2n) is 10.3. The van der Waals surface area contributed by atoms with E-state index in [0.717, 1.165) is 12.1 Å². The van der Waals surface area contributed by atoms with Gasteiger partial charge in [-0.2, -0.15) is 26.3 Å². The number of aliphatic hydroxyl groups is 1. The number of hydrogen-bond acceptors (Lipinski definition) is 5. The molecule has 0 radical (unpaired) electrons. The van der Waals surface area contributed by atoms with E-state index < -0.39 is 53.1 Å². The number of anilines is 2. The number of aromatic nitrogens is 3. The van der Waals surface area contributed by atoms with E-state index in [9.17, 15) is 44.6 Å². The number of H-pyrrole nitrogens is 1. The Bertz CT molecular complexity index is 1640. The van der Waals surface area contributed by atoms with Gasteiger partial charge in [-0.15, -0.1) is 0 Å². The molecular formula is C28H24F9N5O. The third kappa shape index (κ3) is 5.82. The normalized spacial score (nSPS) is 17.2. The van der Waals surface area contributed by atoms with Crippen LogP contribution >= 0.6 is 0 Å². The van der Waals surface area contributed by atoms with Gasteiger partial charge in [0.05, 0.1) is 28.3 Å². The lowest BCUT2D eigenvalue weighted by Crippen LogP contribution is -2.53. The van der Waals surface area contributed by atoms with E-state index in [2.05, 4.69) is 15.0 Å². The van der Waals surface area contributed by atoms with Crippen LogP contribution in [-0.2, 0) is 12.4 Å². The van der Waals surface area contributed by atoms with Crippen molar-refractivity contribution in [2.45, 2.75) is 44.8 Å². The van der Waals surface area contributed by atoms with Crippen LogP contribution in [0.3, 0.4) is 0 Å². The molecule has 5 rings (SSSR count). The van der Waals surface area contributed by atoms with Crippen molar-refractivity contribution in [2.24, 2.45) is 0 Å². The number of piperazine rings is 1. The number of aliphatic hydroxyl groups excluding tert-OH is 1. The molecule has 0 spiro atoms. The molecule has 2 aromatic carbocycles. The van der Waals surface area contributed by atoms with E-state index in [0.29, 0.717) is 18.2 Å². The fourth-order valence-corrected chi connectivity index (χ4v) is 5.16. The van der Waals surface area contributed by atoms with Crippen LogP contribution in [0.2, 0.25) is 0 Å². The number of fused-ring (bicyclic) bond motifs is 1. The second kappa shape index (κ2) is 10.9. The molecule has 2 atom stereocenters. The summed E-state index contributed by atoms with van der Waals surface area (Å²) in [6, 6.07) is 2.91. The van der Waals surface area contributed by atoms with Crippen molar-refractivity contribution < 1.29 is 44.6 Å². The third-order valence-electron chi connectivity index (χ3n) is 7.37. The minimum absolute atomic E-state index is 0.00543. The van der Waals surface area contributed by atoms with Crippen LogP contribution in [0.4, 0.5) is 51.3 Å². The van der Waals surface area contributed by atoms with E-state index in [-0.39, 0.29) is 65.5 Å². The molecule has 2 N–H and O–H groups in total. The molecule has 1 fully saturated rings. The van der Waals surface area contributed by atoms with Crippen molar-refractivity contribution in [3.8, 4) is 11.1 Å². The third-order valence-corrected chi connectivity index (χ3v) is 7.37. The average Bonchev–Trinajstić information content (AvgIpc) is 3.37. The number of aromatic amines is 1. The summed E-state index contributed by atoms with van der Waals surface area (Å²) in [5, 5.41) is 10.0. The maximum atomic E-state index is 14.0. The smallest absolute Gasteiger partial charge is 0.388 e. The Morgan fingerprint density at radius 3 is 2.23 bits per heavy atom. The quantitative estimate of drug-likeness (QED) is 0.183. The molecule has 0 aliphatic carbocycles. The molecule has 1 aliphatic heterocycles. The van der Waals surface area contributed by atoms with E-state index in [1.54, 1.807) is 18.7 Å². The summed E-state index contributed by atoms with van der Waals surface area (Å²) in [7, 11) is 0. The molecule has 0 unspecified atom stereocenters. The lowest BCUT2D eigenvalue weighted by Gasteiger charge is -2.41. The molecule has 230 valence electrons. The summed E-state index contributed by atoms with van der Waals surface area (Å²) in [4.78, 5) is 14.2. The number of nitrogens with one attached hydrogen (secondary N) is 1. The summed E-state index contributed by atoms with van der Waals surface area (Å²) < 4.78 is 125. The van der Waals surface area contributed by atoms with Gasteiger partial charge in [0.1, 0.15) is 5.82 Å². The number of pyridine rings is 1. The van der Waals surface area contributed by atoms with Crippen LogP contribution in [-0.4, -0.2) is 45.7 Å². The minimum atomic E-state index is -4.84. The van der Waals surface area contributed by atoms with Crippen molar-refractivity contribution in [2.75, 3.05) is 29.4 Å². The van der Waals surface area contributed by atoms with Gasteiger partial charge in [-0.25, -0.2) is 23.1 Å². The zero-order valence-corrected chi connectivity index (χ0v) is 22.6. The Balaban J connectivity index is 1.51. The Kier molecular flexibility index (Phi) is 7.73. The monoisotopic (exact) mass is 617 g/mol. The van der Waals surface area contributed by atoms with Gasteiger partial charge in [0.25, 0.3) is 0 Å². The highest BCUT2D eigenvalue weighted by atomic mass is 19.4. The van der Waals surface area contributed by atoms with Crippen LogP contribution in [0.1, 0.15) is 43.1 Å². The van der Waals surface area contributed by atoms with Gasteiger partial charge in [-0.05, 0) is 54.8 Å². The zero-order valence-electron chi connectivity index (χ0n) is 22.6. The number of rotatable bonds is 5. The molecule has 0 saturated carbocycles. The summed E-state index contributed by atoms with van der Waals surface area (Å²) in [5.74, 6) is -5.20. The second-order valence-corrected chi connectivity index (χ2v) is 10.3. The highest BCUT2D eigenvalue weighted by Crippen LogP contribution is 2.40. The number of hydrogen-bond donors (Lipinski definition) is 2. The van der Waals surface area contributed by atoms with E-state index >= 15 is 0 Å². The average molecular weight is 618 g/mol. The zero-order chi connectivity index (χ0) is 31.4. The van der Waals surface area contributed by atoms with Crippen molar-refractivity contribution >= 4 is 22.8 Å². The molecule has 0 amide bonds. The Morgan fingerprint density at radius 2 is 1.65 bits per heavy atom. The van der Waals surface area contributed by atoms with Gasteiger partial charge < -0.3 is 19.9 Å². The van der Waals surface area contributed by atoms with Gasteiger partial charge in [0.15, 0.2) is 17.5 Å². The summed E-state index contributed by atoms with van der Waals surface area (Å²) >= 11 is 0. The molecule has 6 nitrogen and oxygen atoms in total. The molecule has 43 heavy (non-hydrogen) atoms. The van der Waals surface area contributed by atoms with Crippen LogP contribution in [0.5, 0.6) is 0 Å². The molecule has 2 aromatic heterocycles. The van der Waals surface area contributed by atoms with E-state index in [1.807, 2.05) is 0 Å². The molecule has 0 bridgehead atoms. The Labute approximate surface area is 238 Å². The van der Waals surface area contributed by atoms with Crippen LogP contribution < -0.4 is 9.80 Å². The number of alkyl halides is 6. The molecule has 4 aromatic rings. The number of halogens is 9. The maximum Gasteiger partial charge on any atom is 0.419 e. The van der Waals surface area contributed by atoms with E-state index in [4.69, 9.17) is 0 Å². The van der Waals surface area contributed by atoms with Crippen molar-refractivity contribution in [1.29, 1.82) is 0 Å². The van der Waals surface area contributed by atoms with Gasteiger partial charge in [-0.3, -0.25) is 0 Å². The minimum Gasteiger partial charge on any atom is -0.388 e. The van der Waals surface area contributed by atoms with Crippen LogP contribution in [0.15, 0.2) is 36.5 Å². The molecule has 1 aliphatic rings. The summed E-state index contributed by atoms with van der Waals surface area (Å²) in [6.45, 7) is 3.43. The molecule has 15 heteroatoms. The van der Waals surface area contributed by atoms with Crippen LogP contribution in [0.25, 0.3) is 22.2 Å². The molecule has 1 saturated heterocycles. The topological polar surface area (TPSA) is 68.3 Å². The predicted molar refractivity (Wildman–Crippen MR) is 140 cm³/mol. The van der Waals surface area contributed by atoms with Crippen LogP contribution in [0, 0.1) is 17.5 Å². The van der Waals surface area contributed by atoms with Gasteiger partial charge >= 0.3 is 12.4 Å². The number of benzene rings is 2. The lowest BCUT2D eigenvalue weighted by atomic mass is 10.0. The number of imidazole rings is 1. The summed E-state index contributed by atoms with van der Waals surface area (Å²) in [5.41, 5.74) is -2.96. The fraction of sp³-hybridized carbons (Fsp3) is 0.357. The predicted octanol–water partition coefficient (Wildman–Crippen LogP) is 7.24. The van der Waals surface area contributed by atoms with E-state index in [1.165, 1.54) is 11.1 Å². The van der Waals surface area contributed by atoms with Crippen molar-refractivity contribution in [3.63, 3.8) is 0 Å². The first-order valence-electron chi connectivity index (χ1n) is 13.1. The van der Waals surface area contributed by atoms with Gasteiger partial charge in [0.2, 0.25) is 5.95 Å². The van der Waals surface area contributed by atoms with Gasteiger partial charge in [0, 0.05) is 37.4 Å². The maximum absolute atomic E-state index is 14.0. The largest absolute Gasteiger partial charge is 0.419 e. The first-order valence-corrected chi connectivity index (χ1v) is 13.1. The highest BCUT2D eigenvalue weighted by molar-refractivity contribution is 5.94. The Hall–Kier alpha value is -4.01. The SMILES string of the molecule is CC[C@H](O)c1cnc(N2CCN(c3nc4cc(C(F)(F)F)cc(-c5cc(F)c(F)c(F)c5)c4[nH]3)[C@H](C)C2)c(C(F)(F)F)c1. The molecular weight excluding hydrogens is 593 g/mol. The highest BCUT2D eigenvalue weighted by Gasteiger charge is 2.39. The lowest BCUT2D eigenvalue weighted by molar-refractivity contribution is -0.138. The first-order chi connectivity index (χ1) is 20.1. The summed E-state index contributed by atoms with van der Waals surface area (Å²) in [6.07, 6.45) is -9.32. The molecule has 3 heterocycles. The first kappa shape index (κ1) is 30.4. The fourth-order valence-electron chi connectivity index (χ4n) is 5.16. The number of nitrogens with zero attached hydrogens (tertiary/aromatic N) is 4. The standard InChI is InChI=1S/C28H24F9N5O/c1-3-22(43)15-6-18(28(35,36)37)25(38-11-15)41-4-5-42(13(2)12-41)26-39-21-10-16(27(32,33)34)9-17(24(21)40-26)14-7-19(29)23(31)20(30)8-14/h6-11,13,22,43H,3-5,12H2,1-2H3,(H,39,40)/t13-,22+/m1/s1. The Morgan fingerprint density at radius 1 is 0.977 bits per heavy atom. The van der Waals surface area contributed by atoms with Crippen molar-refractivity contribution in [1.82, 2.24) is 15.0 Å². The van der Waals surface area contributed by atoms with Gasteiger partial charge in [-0.1, -0.05) is 6.92 Å².